The predicted molar refractivity (Wildman–Crippen MR) is 121 cm³/mol. The molecule has 0 radical (unpaired) electrons. The van der Waals surface area contributed by atoms with Crippen molar-refractivity contribution < 1.29 is 35.7 Å². The summed E-state index contributed by atoms with van der Waals surface area (Å²) in [4.78, 5) is 13.6. The Balaban J connectivity index is 0.00000245. The van der Waals surface area contributed by atoms with Crippen LogP contribution in [0.3, 0.4) is 0 Å². The summed E-state index contributed by atoms with van der Waals surface area (Å²) < 4.78 is 13.4. The Hall–Kier alpha value is -1.85. The van der Waals surface area contributed by atoms with Crippen molar-refractivity contribution in [3.8, 4) is 11.5 Å². The highest BCUT2D eigenvalue weighted by atomic mass is 79.9. The summed E-state index contributed by atoms with van der Waals surface area (Å²) in [6.45, 7) is 3.47. The molecule has 2 aliphatic carbocycles. The van der Waals surface area contributed by atoms with Gasteiger partial charge in [0.2, 0.25) is 0 Å². The van der Waals surface area contributed by atoms with Crippen LogP contribution in [0.4, 0.5) is 0 Å². The average Bonchev–Trinajstić information content (AvgIpc) is 3.35. The van der Waals surface area contributed by atoms with E-state index in [-0.39, 0.29) is 29.1 Å². The van der Waals surface area contributed by atoms with Gasteiger partial charge in [0.05, 0.1) is 26.7 Å². The fourth-order valence-electron chi connectivity index (χ4n) is 6.55. The normalized spacial score (nSPS) is 26.0. The molecule has 2 aromatic carbocycles. The molecule has 4 atom stereocenters. The molecular weight excluding hydrogens is 466 g/mol. The maximum atomic E-state index is 13.6. The van der Waals surface area contributed by atoms with Gasteiger partial charge in [-0.15, -0.1) is 0 Å². The highest BCUT2D eigenvalue weighted by molar-refractivity contribution is 5.85. The van der Waals surface area contributed by atoms with Gasteiger partial charge in [0.25, 0.3) is 0 Å². The first-order valence-corrected chi connectivity index (χ1v) is 11.9. The molecule has 1 heterocycles. The molecule has 2 fully saturated rings. The van der Waals surface area contributed by atoms with Crippen LogP contribution < -0.4 is 21.7 Å². The molecule has 0 spiro atoms. The van der Waals surface area contributed by atoms with Crippen LogP contribution in [-0.4, -0.2) is 43.2 Å². The highest BCUT2D eigenvalue weighted by Gasteiger charge is 2.57. The molecule has 2 saturated carbocycles. The number of rotatable bonds is 6. The second-order valence-corrected chi connectivity index (χ2v) is 10.2. The van der Waals surface area contributed by atoms with Crippen LogP contribution in [0.25, 0.3) is 0 Å². The number of para-hydroxylation sites is 2. The number of nitrogens with zero attached hydrogens (tertiary/aromatic N) is 1. The summed E-state index contributed by atoms with van der Waals surface area (Å²) in [6, 6.07) is 16.3. The minimum atomic E-state index is -0.415. The summed E-state index contributed by atoms with van der Waals surface area (Å²) in [5.41, 5.74) is 1.81. The van der Waals surface area contributed by atoms with Gasteiger partial charge in [0, 0.05) is 23.0 Å². The van der Waals surface area contributed by atoms with Crippen molar-refractivity contribution in [3.05, 3.63) is 59.7 Å². The van der Waals surface area contributed by atoms with E-state index in [0.717, 1.165) is 33.5 Å². The van der Waals surface area contributed by atoms with Gasteiger partial charge in [0.15, 0.2) is 0 Å². The minimum absolute atomic E-state index is 0. The second-order valence-electron chi connectivity index (χ2n) is 10.2. The number of hydrogen-bond donors (Lipinski definition) is 0. The zero-order chi connectivity index (χ0) is 21.6. The first kappa shape index (κ1) is 23.3. The standard InChI is InChI=1S/C27H34NO3.BrH/c1-4-5-16-28(2,3)26-18-14-15-21(26)24(17-18)31-27(29)25-19-10-6-8-12-22(19)30-23-13-9-7-11-20(23)25;/h6-13,18,21,24-26H,4-5,14-17H2,1-3H3;1H/q+1;/p-1. The van der Waals surface area contributed by atoms with Crippen LogP contribution in [0.2, 0.25) is 0 Å². The van der Waals surface area contributed by atoms with E-state index in [4.69, 9.17) is 9.47 Å². The zero-order valence-corrected chi connectivity index (χ0v) is 20.9. The summed E-state index contributed by atoms with van der Waals surface area (Å²) in [6.07, 6.45) is 5.99. The Labute approximate surface area is 202 Å². The average molecular weight is 500 g/mol. The lowest BCUT2D eigenvalue weighted by Gasteiger charge is -2.39. The topological polar surface area (TPSA) is 35.5 Å². The molecule has 32 heavy (non-hydrogen) atoms. The first-order chi connectivity index (χ1) is 15.0. The number of halogens is 1. The van der Waals surface area contributed by atoms with E-state index in [1.54, 1.807) is 0 Å². The highest BCUT2D eigenvalue weighted by Crippen LogP contribution is 2.51. The van der Waals surface area contributed by atoms with Crippen molar-refractivity contribution in [1.29, 1.82) is 0 Å². The molecule has 3 aliphatic rings. The number of benzene rings is 2. The van der Waals surface area contributed by atoms with E-state index in [0.29, 0.717) is 17.9 Å². The molecule has 0 saturated heterocycles. The molecular formula is C27H34BrNO3. The van der Waals surface area contributed by atoms with Crippen LogP contribution in [0.15, 0.2) is 48.5 Å². The van der Waals surface area contributed by atoms with Gasteiger partial charge in [-0.05, 0) is 37.8 Å². The summed E-state index contributed by atoms with van der Waals surface area (Å²) in [5.74, 6) is 2.12. The van der Waals surface area contributed by atoms with Crippen molar-refractivity contribution in [3.63, 3.8) is 0 Å². The molecule has 172 valence electrons. The van der Waals surface area contributed by atoms with Crippen LogP contribution in [-0.2, 0) is 9.53 Å². The fourth-order valence-corrected chi connectivity index (χ4v) is 6.55. The van der Waals surface area contributed by atoms with Crippen LogP contribution in [0.5, 0.6) is 11.5 Å². The van der Waals surface area contributed by atoms with E-state index in [2.05, 4.69) is 21.0 Å². The third-order valence-electron chi connectivity index (χ3n) is 7.88. The van der Waals surface area contributed by atoms with Crippen molar-refractivity contribution in [1.82, 2.24) is 0 Å². The van der Waals surface area contributed by atoms with Gasteiger partial charge < -0.3 is 30.9 Å². The monoisotopic (exact) mass is 499 g/mol. The second kappa shape index (κ2) is 9.18. The Bertz CT molecular complexity index is 929. The lowest BCUT2D eigenvalue weighted by molar-refractivity contribution is -0.919. The number of hydrogen-bond acceptors (Lipinski definition) is 3. The van der Waals surface area contributed by atoms with Crippen molar-refractivity contribution in [2.75, 3.05) is 20.6 Å². The van der Waals surface area contributed by atoms with Crippen molar-refractivity contribution in [2.24, 2.45) is 11.8 Å². The summed E-state index contributed by atoms with van der Waals surface area (Å²) in [5, 5.41) is 0. The van der Waals surface area contributed by atoms with E-state index >= 15 is 0 Å². The molecule has 4 nitrogen and oxygen atoms in total. The first-order valence-electron chi connectivity index (χ1n) is 11.9. The number of carbonyl (C=O) groups is 1. The minimum Gasteiger partial charge on any atom is -1.00 e. The maximum absolute atomic E-state index is 13.6. The number of unbranched alkanes of at least 4 members (excludes halogenated alkanes) is 1. The quantitative estimate of drug-likeness (QED) is 0.452. The van der Waals surface area contributed by atoms with E-state index in [9.17, 15) is 4.79 Å². The molecule has 4 unspecified atom stereocenters. The summed E-state index contributed by atoms with van der Waals surface area (Å²) >= 11 is 0. The molecule has 1 aliphatic heterocycles. The van der Waals surface area contributed by atoms with Gasteiger partial charge in [-0.25, -0.2) is 0 Å². The smallest absolute Gasteiger partial charge is 0.318 e. The van der Waals surface area contributed by atoms with E-state index in [1.807, 2.05) is 48.5 Å². The van der Waals surface area contributed by atoms with Gasteiger partial charge in [-0.3, -0.25) is 4.79 Å². The van der Waals surface area contributed by atoms with Crippen LogP contribution in [0, 0.1) is 11.8 Å². The van der Waals surface area contributed by atoms with Crippen LogP contribution >= 0.6 is 0 Å². The number of fused-ring (bicyclic) bond motifs is 4. The van der Waals surface area contributed by atoms with E-state index in [1.165, 1.54) is 32.2 Å². The number of carbonyl (C=O) groups excluding carboxylic acids is 1. The molecule has 0 amide bonds. The predicted octanol–water partition coefficient (Wildman–Crippen LogP) is 2.52. The Morgan fingerprint density at radius 3 is 2.28 bits per heavy atom. The molecule has 0 aromatic heterocycles. The molecule has 0 N–H and O–H groups in total. The number of esters is 1. The Kier molecular flexibility index (Phi) is 6.69. The molecule has 5 rings (SSSR count). The Morgan fingerprint density at radius 2 is 1.66 bits per heavy atom. The third-order valence-corrected chi connectivity index (χ3v) is 7.88. The molecule has 2 bridgehead atoms. The fraction of sp³-hybridized carbons (Fsp3) is 0.519. The van der Waals surface area contributed by atoms with Gasteiger partial charge in [-0.2, -0.15) is 0 Å². The maximum Gasteiger partial charge on any atom is 0.318 e. The van der Waals surface area contributed by atoms with E-state index < -0.39 is 5.92 Å². The largest absolute Gasteiger partial charge is 1.00 e. The summed E-state index contributed by atoms with van der Waals surface area (Å²) in [7, 11) is 4.75. The lowest BCUT2D eigenvalue weighted by Crippen LogP contribution is -3.00. The zero-order valence-electron chi connectivity index (χ0n) is 19.3. The Morgan fingerprint density at radius 1 is 1.03 bits per heavy atom. The van der Waals surface area contributed by atoms with Crippen molar-refractivity contribution in [2.45, 2.75) is 57.1 Å². The van der Waals surface area contributed by atoms with Gasteiger partial charge in [0.1, 0.15) is 23.5 Å². The number of quaternary nitrogens is 1. The van der Waals surface area contributed by atoms with Gasteiger partial charge in [-0.1, -0.05) is 49.7 Å². The molecule has 5 heteroatoms. The van der Waals surface area contributed by atoms with Crippen LogP contribution in [0.1, 0.15) is 56.1 Å². The molecule has 2 aromatic rings. The lowest BCUT2D eigenvalue weighted by atomic mass is 9.88. The van der Waals surface area contributed by atoms with Gasteiger partial charge >= 0.3 is 5.97 Å². The van der Waals surface area contributed by atoms with Crippen molar-refractivity contribution >= 4 is 5.97 Å². The number of ether oxygens (including phenoxy) is 2. The SMILES string of the molecule is CCCC[N+](C)(C)C1C2CCC1C(OC(=O)C1c3ccccc3Oc3ccccc31)C2.[Br-]. The third kappa shape index (κ3) is 3.99.